The molecular weight excluding hydrogens is 168 g/mol. The van der Waals surface area contributed by atoms with E-state index in [9.17, 15) is 0 Å². The quantitative estimate of drug-likeness (QED) is 0.454. The maximum absolute atomic E-state index is 8.74. The molecule has 1 aliphatic rings. The lowest BCUT2D eigenvalue weighted by Gasteiger charge is -2.07. The Morgan fingerprint density at radius 2 is 2.00 bits per heavy atom. The van der Waals surface area contributed by atoms with Crippen LogP contribution in [0.25, 0.3) is 0 Å². The largest absolute Gasteiger partial charge is 0.761 e. The van der Waals surface area contributed by atoms with Gasteiger partial charge in [-0.05, 0) is 12.5 Å². The van der Waals surface area contributed by atoms with Crippen LogP contribution in [0.15, 0.2) is 0 Å². The third-order valence-electron chi connectivity index (χ3n) is 1.08. The molecule has 1 heterocycles. The lowest BCUT2D eigenvalue weighted by atomic mass is 10.4. The first-order valence-corrected chi connectivity index (χ1v) is 6.11. The van der Waals surface area contributed by atoms with Crippen LogP contribution < -0.4 is 0 Å². The van der Waals surface area contributed by atoms with E-state index in [1.165, 1.54) is 18.9 Å². The third-order valence-corrected chi connectivity index (χ3v) is 2.44. The van der Waals surface area contributed by atoms with E-state index < -0.39 is 9.17 Å². The van der Waals surface area contributed by atoms with E-state index in [1.54, 1.807) is 0 Å². The molecule has 10 heavy (non-hydrogen) atoms. The van der Waals surface area contributed by atoms with Gasteiger partial charge in [-0.25, -0.2) is 0 Å². The molecule has 1 rings (SSSR count). The second-order valence-corrected chi connectivity index (χ2v) is 4.04. The van der Waals surface area contributed by atoms with E-state index in [0.717, 1.165) is 6.61 Å². The topological polar surface area (TPSA) is 66.8 Å². The van der Waals surface area contributed by atoms with E-state index in [0.29, 0.717) is 0 Å². The van der Waals surface area contributed by atoms with Crippen LogP contribution in [0.1, 0.15) is 12.8 Å². The van der Waals surface area contributed by atoms with Crippen LogP contribution in [0.3, 0.4) is 0 Å². The summed E-state index contributed by atoms with van der Waals surface area (Å²) in [5.74, 6) is 0. The fourth-order valence-electron chi connectivity index (χ4n) is 0.687. The van der Waals surface area contributed by atoms with Gasteiger partial charge < -0.3 is 14.0 Å². The second-order valence-electron chi connectivity index (χ2n) is 1.96. The Bertz CT molecular complexity index is 77.7. The fraction of sp³-hybridized carbons (Fsp3) is 1.00. The van der Waals surface area contributed by atoms with Crippen molar-refractivity contribution in [2.75, 3.05) is 6.61 Å². The van der Waals surface area contributed by atoms with E-state index in [2.05, 4.69) is 0 Å². The molecule has 1 fully saturated rings. The van der Waals surface area contributed by atoms with E-state index in [4.69, 9.17) is 18.5 Å². The highest BCUT2D eigenvalue weighted by molar-refractivity contribution is 6.27. The maximum atomic E-state index is 8.74. The molecule has 0 atom stereocenters. The van der Waals surface area contributed by atoms with Crippen LogP contribution in [0.5, 0.6) is 0 Å². The fourth-order valence-corrected chi connectivity index (χ4v) is 1.86. The Morgan fingerprint density at radius 1 is 1.40 bits per heavy atom. The van der Waals surface area contributed by atoms with Crippen molar-refractivity contribution in [2.24, 2.45) is 0 Å². The van der Waals surface area contributed by atoms with Gasteiger partial charge in [0, 0.05) is 6.61 Å². The minimum Gasteiger partial charge on any atom is -0.511 e. The summed E-state index contributed by atoms with van der Waals surface area (Å²) in [7, 11) is -3.12. The molecule has 1 saturated heterocycles. The van der Waals surface area contributed by atoms with Crippen LogP contribution >= 0.6 is 0 Å². The maximum Gasteiger partial charge on any atom is 0.761 e. The smallest absolute Gasteiger partial charge is 0.511 e. The molecule has 0 amide bonds. The highest BCUT2D eigenvalue weighted by Gasteiger charge is 1.96. The van der Waals surface area contributed by atoms with Gasteiger partial charge in [-0.2, -0.15) is 0 Å². The molecule has 0 aliphatic carbocycles. The second kappa shape index (κ2) is 6.91. The standard InChI is InChI=1S/C4H10OSi.H2O3Si/c1-2-4-6-5-3-1;1-4(2)3/h1-4,6H2;1-2H. The van der Waals surface area contributed by atoms with Crippen molar-refractivity contribution in [3.63, 3.8) is 0 Å². The number of hydrogen-bond acceptors (Lipinski definition) is 2. The van der Waals surface area contributed by atoms with Crippen LogP contribution in [0.4, 0.5) is 0 Å². The zero-order valence-corrected chi connectivity index (χ0v) is 8.16. The SMILES string of the molecule is C1CC[SiH2]OC1.O=[Si](O)O. The summed E-state index contributed by atoms with van der Waals surface area (Å²) in [6.45, 7) is 1.06. The molecule has 0 unspecified atom stereocenters. The van der Waals surface area contributed by atoms with Crippen LogP contribution in [0, 0.1) is 0 Å². The van der Waals surface area contributed by atoms with Gasteiger partial charge in [-0.3, -0.25) is 4.46 Å². The zero-order valence-electron chi connectivity index (χ0n) is 5.75. The molecule has 60 valence electrons. The van der Waals surface area contributed by atoms with Gasteiger partial charge in [-0.15, -0.1) is 0 Å². The van der Waals surface area contributed by atoms with Gasteiger partial charge in [0.2, 0.25) is 0 Å². The van der Waals surface area contributed by atoms with E-state index in [1.807, 2.05) is 0 Å². The first-order valence-electron chi connectivity index (χ1n) is 3.23. The average Bonchev–Trinajstić information content (AvgIpc) is 1.90. The van der Waals surface area contributed by atoms with Gasteiger partial charge >= 0.3 is 9.17 Å². The summed E-state index contributed by atoms with van der Waals surface area (Å²) >= 11 is 0. The van der Waals surface area contributed by atoms with Gasteiger partial charge in [-0.1, -0.05) is 6.42 Å². The normalized spacial score (nSPS) is 19.2. The minimum atomic E-state index is -3.13. The molecule has 0 saturated carbocycles. The molecule has 0 radical (unpaired) electrons. The lowest BCUT2D eigenvalue weighted by molar-refractivity contribution is 0.304. The van der Waals surface area contributed by atoms with E-state index >= 15 is 0 Å². The van der Waals surface area contributed by atoms with Crippen molar-refractivity contribution in [3.05, 3.63) is 0 Å². The first kappa shape index (κ1) is 9.79. The summed E-state index contributed by atoms with van der Waals surface area (Å²) in [5.41, 5.74) is 0. The predicted octanol–water partition coefficient (Wildman–Crippen LogP) is -1.31. The Hall–Kier alpha value is -0.206. The summed E-state index contributed by atoms with van der Waals surface area (Å²) in [4.78, 5) is 14.3. The van der Waals surface area contributed by atoms with Crippen molar-refractivity contribution in [2.45, 2.75) is 18.9 Å². The van der Waals surface area contributed by atoms with Crippen molar-refractivity contribution in [3.8, 4) is 0 Å². The highest BCUT2D eigenvalue weighted by atomic mass is 28.3. The van der Waals surface area contributed by atoms with Crippen molar-refractivity contribution in [1.29, 1.82) is 0 Å². The molecule has 1 aliphatic heterocycles. The summed E-state index contributed by atoms with van der Waals surface area (Å²) in [6.07, 6.45) is 2.75. The molecule has 6 heteroatoms. The summed E-state index contributed by atoms with van der Waals surface area (Å²) in [5, 5.41) is 0. The molecule has 0 aromatic heterocycles. The molecule has 0 spiro atoms. The molecule has 0 aromatic rings. The lowest BCUT2D eigenvalue weighted by Crippen LogP contribution is -2.06. The van der Waals surface area contributed by atoms with Crippen LogP contribution in [-0.2, 0) is 8.89 Å². The molecule has 0 bridgehead atoms. The van der Waals surface area contributed by atoms with Gasteiger partial charge in [0.15, 0.2) is 9.76 Å². The van der Waals surface area contributed by atoms with Crippen molar-refractivity contribution in [1.82, 2.24) is 0 Å². The Kier molecular flexibility index (Phi) is 6.77. The van der Waals surface area contributed by atoms with Gasteiger partial charge in [0.1, 0.15) is 0 Å². The molecular formula is C4H12O4Si2. The summed E-state index contributed by atoms with van der Waals surface area (Å²) in [6, 6.07) is 1.42. The molecule has 2 N–H and O–H groups in total. The van der Waals surface area contributed by atoms with Crippen molar-refractivity contribution < 1.29 is 18.5 Å². The third kappa shape index (κ3) is 10.7. The van der Waals surface area contributed by atoms with Crippen LogP contribution in [-0.4, -0.2) is 35.1 Å². The first-order chi connectivity index (χ1) is 4.73. The van der Waals surface area contributed by atoms with Gasteiger partial charge in [0.05, 0.1) is 0 Å². The summed E-state index contributed by atoms with van der Waals surface area (Å²) < 4.78 is 13.9. The van der Waals surface area contributed by atoms with Crippen LogP contribution in [0.2, 0.25) is 6.04 Å². The highest BCUT2D eigenvalue weighted by Crippen LogP contribution is 2.01. The number of rotatable bonds is 0. The van der Waals surface area contributed by atoms with E-state index in [-0.39, 0.29) is 9.76 Å². The molecule has 0 aromatic carbocycles. The monoisotopic (exact) mass is 180 g/mol. The van der Waals surface area contributed by atoms with Gasteiger partial charge in [0.25, 0.3) is 0 Å². The Balaban J connectivity index is 0.000000180. The Labute approximate surface area is 63.7 Å². The zero-order chi connectivity index (χ0) is 7.82. The van der Waals surface area contributed by atoms with Crippen molar-refractivity contribution >= 4 is 18.9 Å². The number of hydrogen-bond donors (Lipinski definition) is 2. The molecule has 4 nitrogen and oxygen atoms in total. The minimum absolute atomic E-state index is 0.00849. The predicted molar refractivity (Wildman–Crippen MR) is 39.4 cm³/mol. The average molecular weight is 180 g/mol. The Morgan fingerprint density at radius 3 is 2.10 bits per heavy atom.